The molecule has 0 bridgehead atoms. The van der Waals surface area contributed by atoms with Crippen LogP contribution in [-0.2, 0) is 23.9 Å². The van der Waals surface area contributed by atoms with Crippen LogP contribution in [0.3, 0.4) is 0 Å². The monoisotopic (exact) mass is 390 g/mol. The average molecular weight is 391 g/mol. The van der Waals surface area contributed by atoms with E-state index in [0.717, 1.165) is 25.2 Å². The van der Waals surface area contributed by atoms with E-state index in [1.807, 2.05) is 39.4 Å². The van der Waals surface area contributed by atoms with Crippen molar-refractivity contribution in [2.45, 2.75) is 47.2 Å². The van der Waals surface area contributed by atoms with E-state index in [0.29, 0.717) is 41.9 Å². The predicted molar refractivity (Wildman–Crippen MR) is 105 cm³/mol. The molecule has 0 aromatic carbocycles. The Morgan fingerprint density at radius 3 is 2.28 bits per heavy atom. The second-order valence-corrected chi connectivity index (χ2v) is 7.64. The maximum atomic E-state index is 12.6. The summed E-state index contributed by atoms with van der Waals surface area (Å²) in [6, 6.07) is 0. The van der Waals surface area contributed by atoms with E-state index in [2.05, 4.69) is 10.00 Å². The minimum atomic E-state index is -0.798. The zero-order valence-electron chi connectivity index (χ0n) is 16.0. The quantitative estimate of drug-likeness (QED) is 0.739. The number of halogens is 1. The maximum Gasteiger partial charge on any atom is 0.275 e. The van der Waals surface area contributed by atoms with Crippen molar-refractivity contribution in [1.29, 1.82) is 0 Å². The van der Waals surface area contributed by atoms with Crippen LogP contribution in [0.5, 0.6) is 0 Å². The fourth-order valence-corrected chi connectivity index (χ4v) is 4.09. The van der Waals surface area contributed by atoms with Crippen LogP contribution < -0.4 is 0 Å². The summed E-state index contributed by atoms with van der Waals surface area (Å²) in [5, 5.41) is 4.90. The predicted octanol–water partition coefficient (Wildman–Crippen LogP) is 2.63. The van der Waals surface area contributed by atoms with E-state index in [9.17, 15) is 9.00 Å². The summed E-state index contributed by atoms with van der Waals surface area (Å²) in [4.78, 5) is 16.5. The lowest BCUT2D eigenvalue weighted by molar-refractivity contribution is 0.0764. The Balaban J connectivity index is 0.000000730. The largest absolute Gasteiger partial charge is 0.335 e. The number of aryl methyl sites for hydroxylation is 1. The molecule has 0 saturated carbocycles. The molecule has 25 heavy (non-hydrogen) atoms. The van der Waals surface area contributed by atoms with Crippen LogP contribution in [0.15, 0.2) is 0 Å². The van der Waals surface area contributed by atoms with Crippen molar-refractivity contribution in [3.63, 3.8) is 0 Å². The summed E-state index contributed by atoms with van der Waals surface area (Å²) >= 11 is 6.41. The molecule has 0 atom stereocenters. The molecular weight excluding hydrogens is 360 g/mol. The van der Waals surface area contributed by atoms with Crippen LogP contribution in [0.2, 0.25) is 5.02 Å². The highest BCUT2D eigenvalue weighted by Gasteiger charge is 2.29. The Bertz CT molecular complexity index is 581. The highest BCUT2D eigenvalue weighted by atomic mass is 35.5. The van der Waals surface area contributed by atoms with Gasteiger partial charge < -0.3 is 9.80 Å². The standard InChI is InChI=1S/C13H19ClN4O2S.2C2H6/c1-16-3-2-4-18-10(9-16)11(14)12(15-18)13(19)17-5-7-21(20)8-6-17;2*1-2/h2-9H2,1H3;2*1-2H3. The summed E-state index contributed by atoms with van der Waals surface area (Å²) in [7, 11) is 1.24. The van der Waals surface area contributed by atoms with E-state index in [1.165, 1.54) is 0 Å². The summed E-state index contributed by atoms with van der Waals surface area (Å²) < 4.78 is 13.3. The molecule has 6 nitrogen and oxygen atoms in total. The molecule has 2 aliphatic heterocycles. The average Bonchev–Trinajstić information content (AvgIpc) is 2.82. The lowest BCUT2D eigenvalue weighted by Gasteiger charge is -2.25. The lowest BCUT2D eigenvalue weighted by Crippen LogP contribution is -2.42. The van der Waals surface area contributed by atoms with Gasteiger partial charge >= 0.3 is 0 Å². The van der Waals surface area contributed by atoms with E-state index >= 15 is 0 Å². The van der Waals surface area contributed by atoms with Gasteiger partial charge in [-0.1, -0.05) is 39.3 Å². The molecule has 3 heterocycles. The number of amides is 1. The van der Waals surface area contributed by atoms with Gasteiger partial charge in [0.1, 0.15) is 0 Å². The number of hydrogen-bond acceptors (Lipinski definition) is 4. The van der Waals surface area contributed by atoms with Gasteiger partial charge in [0.2, 0.25) is 0 Å². The highest BCUT2D eigenvalue weighted by molar-refractivity contribution is 7.85. The van der Waals surface area contributed by atoms with E-state index < -0.39 is 10.8 Å². The number of carbonyl (C=O) groups is 1. The zero-order valence-corrected chi connectivity index (χ0v) is 17.6. The minimum absolute atomic E-state index is 0.139. The van der Waals surface area contributed by atoms with Gasteiger partial charge in [-0.05, 0) is 13.5 Å². The number of hydrogen-bond donors (Lipinski definition) is 0. The first-order chi connectivity index (χ1) is 12.1. The third-order valence-corrected chi connectivity index (χ3v) is 5.66. The second kappa shape index (κ2) is 10.9. The number of aromatic nitrogens is 2. The second-order valence-electron chi connectivity index (χ2n) is 5.56. The molecule has 0 unspecified atom stereocenters. The fourth-order valence-electron chi connectivity index (χ4n) is 2.76. The van der Waals surface area contributed by atoms with Gasteiger partial charge in [-0.25, -0.2) is 0 Å². The first-order valence-corrected chi connectivity index (χ1v) is 11.0. The van der Waals surface area contributed by atoms with Gasteiger partial charge in [0.05, 0.1) is 10.7 Å². The molecule has 2 aliphatic rings. The molecule has 1 aromatic rings. The van der Waals surface area contributed by atoms with Crippen LogP contribution >= 0.6 is 11.6 Å². The van der Waals surface area contributed by atoms with Crippen molar-refractivity contribution >= 4 is 28.3 Å². The molecule has 3 rings (SSSR count). The maximum absolute atomic E-state index is 12.6. The zero-order chi connectivity index (χ0) is 19.0. The number of nitrogens with zero attached hydrogens (tertiary/aromatic N) is 4. The molecule has 0 radical (unpaired) electrons. The van der Waals surface area contributed by atoms with Crippen LogP contribution in [-0.4, -0.2) is 67.9 Å². The van der Waals surface area contributed by atoms with Gasteiger partial charge in [-0.2, -0.15) is 5.10 Å². The van der Waals surface area contributed by atoms with Gasteiger partial charge in [0, 0.05) is 55.0 Å². The third-order valence-electron chi connectivity index (χ3n) is 3.99. The molecule has 0 aliphatic carbocycles. The molecular formula is C17H31ClN4O2S. The molecule has 0 N–H and O–H groups in total. The van der Waals surface area contributed by atoms with E-state index in [1.54, 1.807) is 4.90 Å². The third kappa shape index (κ3) is 5.53. The molecule has 1 fully saturated rings. The molecule has 144 valence electrons. The number of carbonyl (C=O) groups excluding carboxylic acids is 1. The molecule has 0 spiro atoms. The Morgan fingerprint density at radius 1 is 1.08 bits per heavy atom. The summed E-state index contributed by atoms with van der Waals surface area (Å²) in [6.45, 7) is 11.5. The first kappa shape index (κ1) is 22.1. The van der Waals surface area contributed by atoms with Crippen molar-refractivity contribution in [3.8, 4) is 0 Å². The van der Waals surface area contributed by atoms with Gasteiger partial charge in [-0.15, -0.1) is 0 Å². The SMILES string of the molecule is CC.CC.CN1CCCn2nc(C(=O)N3CCS(=O)CC3)c(Cl)c2C1. The first-order valence-electron chi connectivity index (χ1n) is 9.14. The summed E-state index contributed by atoms with van der Waals surface area (Å²) in [5.74, 6) is 0.944. The minimum Gasteiger partial charge on any atom is -0.335 e. The van der Waals surface area contributed by atoms with Gasteiger partial charge in [0.25, 0.3) is 5.91 Å². The molecule has 1 amide bonds. The molecule has 8 heteroatoms. The topological polar surface area (TPSA) is 58.4 Å². The Morgan fingerprint density at radius 2 is 1.68 bits per heavy atom. The summed E-state index contributed by atoms with van der Waals surface area (Å²) in [5.41, 5.74) is 1.26. The lowest BCUT2D eigenvalue weighted by atomic mass is 10.3. The highest BCUT2D eigenvalue weighted by Crippen LogP contribution is 2.25. The molecule has 1 aromatic heterocycles. The van der Waals surface area contributed by atoms with E-state index in [-0.39, 0.29) is 5.91 Å². The summed E-state index contributed by atoms with van der Waals surface area (Å²) in [6.07, 6.45) is 0.998. The van der Waals surface area contributed by atoms with Crippen LogP contribution in [0.1, 0.15) is 50.3 Å². The van der Waals surface area contributed by atoms with Crippen molar-refractivity contribution in [3.05, 3.63) is 16.4 Å². The Hall–Kier alpha value is -0.920. The van der Waals surface area contributed by atoms with Crippen molar-refractivity contribution < 1.29 is 9.00 Å². The smallest absolute Gasteiger partial charge is 0.275 e. The number of fused-ring (bicyclic) bond motifs is 1. The number of rotatable bonds is 1. The van der Waals surface area contributed by atoms with Crippen molar-refractivity contribution in [2.75, 3.05) is 38.2 Å². The van der Waals surface area contributed by atoms with Crippen molar-refractivity contribution in [2.24, 2.45) is 0 Å². The molecule has 1 saturated heterocycles. The normalized spacial score (nSPS) is 18.2. The van der Waals surface area contributed by atoms with Gasteiger partial charge in [-0.3, -0.25) is 13.7 Å². The fraction of sp³-hybridized carbons (Fsp3) is 0.765. The van der Waals surface area contributed by atoms with Crippen LogP contribution in [0.25, 0.3) is 0 Å². The van der Waals surface area contributed by atoms with Crippen molar-refractivity contribution in [1.82, 2.24) is 19.6 Å². The van der Waals surface area contributed by atoms with Crippen LogP contribution in [0, 0.1) is 0 Å². The van der Waals surface area contributed by atoms with Gasteiger partial charge in [0.15, 0.2) is 5.69 Å². The Labute approximate surface area is 159 Å². The van der Waals surface area contributed by atoms with E-state index in [4.69, 9.17) is 11.6 Å². The Kier molecular flexibility index (Phi) is 9.67. The van der Waals surface area contributed by atoms with Crippen LogP contribution in [0.4, 0.5) is 0 Å².